The molecule has 59 heavy (non-hydrogen) atoms. The van der Waals surface area contributed by atoms with Gasteiger partial charge in [0.1, 0.15) is 0 Å². The zero-order valence-electron chi connectivity index (χ0n) is 36.7. The molecule has 5 saturated heterocycles. The molecule has 330 valence electrons. The molecular weight excluding hydrogens is 753 g/mol. The molecule has 18 atom stereocenters. The van der Waals surface area contributed by atoms with Gasteiger partial charge in [-0.25, -0.2) is 4.79 Å². The molecule has 0 aromatic carbocycles. The third-order valence-electron chi connectivity index (χ3n) is 18.8. The maximum absolute atomic E-state index is 15.5. The fraction of sp³-hybridized carbons (Fsp3) is 0.891. The van der Waals surface area contributed by atoms with Crippen molar-refractivity contribution in [1.82, 2.24) is 20.0 Å². The van der Waals surface area contributed by atoms with Gasteiger partial charge in [0.05, 0.1) is 37.4 Å². The molecule has 3 N–H and O–H groups in total. The Balaban J connectivity index is 1.23. The fourth-order valence-electron chi connectivity index (χ4n) is 17.0. The summed E-state index contributed by atoms with van der Waals surface area (Å²) in [5.74, 6) is -0.980. The number of aliphatic hydroxyl groups is 2. The number of carbonyl (C=O) groups is 3. The summed E-state index contributed by atoms with van der Waals surface area (Å²) < 4.78 is 24.6. The van der Waals surface area contributed by atoms with Gasteiger partial charge in [-0.15, -0.1) is 0 Å². The average Bonchev–Trinajstić information content (AvgIpc) is 3.90. The van der Waals surface area contributed by atoms with Gasteiger partial charge >= 0.3 is 17.9 Å². The van der Waals surface area contributed by atoms with Crippen molar-refractivity contribution in [3.63, 3.8) is 0 Å². The Kier molecular flexibility index (Phi) is 10.7. The minimum atomic E-state index is -2.17. The number of nitrogens with one attached hydrogen (secondary N) is 1. The van der Waals surface area contributed by atoms with Crippen LogP contribution >= 0.6 is 0 Å². The van der Waals surface area contributed by atoms with E-state index in [4.69, 9.17) is 18.9 Å². The van der Waals surface area contributed by atoms with Gasteiger partial charge in [0.2, 0.25) is 5.60 Å². The molecule has 6 heterocycles. The van der Waals surface area contributed by atoms with Crippen molar-refractivity contribution >= 4 is 17.9 Å². The van der Waals surface area contributed by atoms with Crippen molar-refractivity contribution in [1.29, 1.82) is 0 Å². The topological polar surface area (TPSA) is 150 Å². The van der Waals surface area contributed by atoms with Crippen LogP contribution in [0.25, 0.3) is 0 Å². The van der Waals surface area contributed by atoms with Gasteiger partial charge in [-0.05, 0) is 108 Å². The number of rotatable bonds is 7. The molecule has 0 amide bonds. The van der Waals surface area contributed by atoms with Gasteiger partial charge < -0.3 is 39.4 Å². The van der Waals surface area contributed by atoms with Gasteiger partial charge in [0.15, 0.2) is 6.10 Å². The standard InChI is InChI=1S/C46H72N4O9/c1-8-42(54)23-28-24-45(40(52)57-6,36-30(15-19-49(25-28)26-42)29-13-10-11-14-33(29)47-36)32-21-31-34(22-35(32)56-5)48(4)38-44(31)17-20-50-18-12-16-43(9-2,37(44)50)39(59-27(3)51)46(38,55)41(53)58-7/h12,16,28-39,47,54-55H,8-11,13-15,17-26H2,1-7H3/t28-,29?,30?,31?,32?,33?,34?,35?,36?,37+,38-,39-,42+,43-,44-,45+,46+/m1/s1. The van der Waals surface area contributed by atoms with Crippen LogP contribution in [-0.2, 0) is 33.3 Å². The van der Waals surface area contributed by atoms with Crippen molar-refractivity contribution in [3.8, 4) is 0 Å². The van der Waals surface area contributed by atoms with Crippen molar-refractivity contribution in [2.45, 2.75) is 151 Å². The number of ether oxygens (including phenoxy) is 4. The van der Waals surface area contributed by atoms with Crippen LogP contribution < -0.4 is 5.32 Å². The minimum Gasteiger partial charge on any atom is -0.469 e. The first kappa shape index (κ1) is 42.2. The quantitative estimate of drug-likeness (QED) is 0.196. The number of piperidine rings is 1. The average molecular weight is 825 g/mol. The van der Waals surface area contributed by atoms with E-state index >= 15 is 4.79 Å². The normalized spacial score (nSPS) is 51.4. The lowest BCUT2D eigenvalue weighted by Gasteiger charge is -2.64. The SMILES string of the molecule is CC[C@]1(O)C[C@H]2CN(CCC3C4CCCCC4NC3[C@@](C(=O)OC)(C3CC4C(CC3OC)N(C)[C@H]3[C@@](O)(C(=O)OC)[C@H](OC(C)=O)[C@]5(CC)C=CCN6CC[C@]43[C@@H]65)C2)C1. The van der Waals surface area contributed by atoms with E-state index < -0.39 is 51.5 Å². The maximum Gasteiger partial charge on any atom is 0.343 e. The van der Waals surface area contributed by atoms with E-state index in [2.05, 4.69) is 46.0 Å². The molecule has 0 radical (unpaired) electrons. The summed E-state index contributed by atoms with van der Waals surface area (Å²) in [4.78, 5) is 50.2. The summed E-state index contributed by atoms with van der Waals surface area (Å²) in [6, 6.07) is -0.728. The Morgan fingerprint density at radius 3 is 2.36 bits per heavy atom. The number of nitrogens with zero attached hydrogens (tertiary/aromatic N) is 3. The van der Waals surface area contributed by atoms with Gasteiger partial charge in [0.25, 0.3) is 0 Å². The summed E-state index contributed by atoms with van der Waals surface area (Å²) in [5.41, 5.74) is -5.44. The molecule has 9 rings (SSSR count). The monoisotopic (exact) mass is 825 g/mol. The molecule has 2 bridgehead atoms. The van der Waals surface area contributed by atoms with Crippen LogP contribution in [0.2, 0.25) is 0 Å². The molecule has 9 unspecified atom stereocenters. The highest BCUT2D eigenvalue weighted by atomic mass is 16.6. The van der Waals surface area contributed by atoms with E-state index in [9.17, 15) is 19.8 Å². The third kappa shape index (κ3) is 5.75. The van der Waals surface area contributed by atoms with Gasteiger partial charge in [-0.2, -0.15) is 0 Å². The highest BCUT2D eigenvalue weighted by molar-refractivity contribution is 5.83. The van der Waals surface area contributed by atoms with Crippen molar-refractivity contribution in [2.24, 2.45) is 45.8 Å². The largest absolute Gasteiger partial charge is 0.469 e. The highest BCUT2D eigenvalue weighted by Gasteiger charge is 2.83. The molecule has 6 aliphatic heterocycles. The second kappa shape index (κ2) is 15.0. The van der Waals surface area contributed by atoms with Crippen LogP contribution in [0.4, 0.5) is 0 Å². The summed E-state index contributed by atoms with van der Waals surface area (Å²) >= 11 is 0. The molecule has 8 fully saturated rings. The number of likely N-dealkylation sites (N-methyl/N-ethyl adjacent to an activating group) is 1. The van der Waals surface area contributed by atoms with Crippen LogP contribution in [-0.4, -0.2) is 158 Å². The van der Waals surface area contributed by atoms with Crippen molar-refractivity contribution in [3.05, 3.63) is 12.2 Å². The lowest BCUT2D eigenvalue weighted by Crippen LogP contribution is -2.80. The van der Waals surface area contributed by atoms with E-state index in [1.165, 1.54) is 26.9 Å². The van der Waals surface area contributed by atoms with E-state index in [0.717, 1.165) is 51.9 Å². The Bertz CT molecular complexity index is 1700. The van der Waals surface area contributed by atoms with Crippen molar-refractivity contribution in [2.75, 3.05) is 61.1 Å². The first-order valence-electron chi connectivity index (χ1n) is 23.2. The summed E-state index contributed by atoms with van der Waals surface area (Å²) in [5, 5.41) is 29.7. The number of hydrogen-bond acceptors (Lipinski definition) is 13. The Morgan fingerprint density at radius 1 is 0.898 bits per heavy atom. The van der Waals surface area contributed by atoms with Crippen LogP contribution in [0, 0.1) is 45.8 Å². The molecule has 13 heteroatoms. The van der Waals surface area contributed by atoms with Crippen LogP contribution in [0.1, 0.15) is 97.8 Å². The van der Waals surface area contributed by atoms with E-state index in [-0.39, 0.29) is 53.9 Å². The highest BCUT2D eigenvalue weighted by Crippen LogP contribution is 2.72. The molecule has 9 aliphatic rings. The van der Waals surface area contributed by atoms with Crippen molar-refractivity contribution < 1.29 is 43.5 Å². The second-order valence-corrected chi connectivity index (χ2v) is 20.8. The number of fused-ring (bicyclic) bond motifs is 6. The molecule has 13 nitrogen and oxygen atoms in total. The lowest BCUT2D eigenvalue weighted by atomic mass is 9.44. The van der Waals surface area contributed by atoms with E-state index in [0.29, 0.717) is 57.0 Å². The second-order valence-electron chi connectivity index (χ2n) is 20.8. The number of carbonyl (C=O) groups excluding carboxylic acids is 3. The Morgan fingerprint density at radius 2 is 1.66 bits per heavy atom. The van der Waals surface area contributed by atoms with E-state index in [1.807, 2.05) is 7.05 Å². The number of likely N-dealkylation sites (tertiary alicyclic amines) is 1. The fourth-order valence-corrected chi connectivity index (χ4v) is 17.0. The molecule has 0 aromatic heterocycles. The third-order valence-corrected chi connectivity index (χ3v) is 18.8. The van der Waals surface area contributed by atoms with Gasteiger partial charge in [-0.1, -0.05) is 38.8 Å². The summed E-state index contributed by atoms with van der Waals surface area (Å²) in [6.45, 7) is 9.43. The smallest absolute Gasteiger partial charge is 0.343 e. The molecular formula is C46H72N4O9. The first-order chi connectivity index (χ1) is 28.2. The van der Waals surface area contributed by atoms with Crippen LogP contribution in [0.15, 0.2) is 12.2 Å². The first-order valence-corrected chi connectivity index (χ1v) is 23.2. The van der Waals surface area contributed by atoms with Crippen LogP contribution in [0.3, 0.4) is 0 Å². The van der Waals surface area contributed by atoms with Gasteiger partial charge in [-0.3, -0.25) is 19.4 Å². The Hall–Kier alpha value is -2.13. The molecule has 0 aromatic rings. The zero-order valence-corrected chi connectivity index (χ0v) is 36.7. The van der Waals surface area contributed by atoms with E-state index in [1.54, 1.807) is 14.2 Å². The molecule has 1 spiro atoms. The Labute approximate surface area is 351 Å². The summed E-state index contributed by atoms with van der Waals surface area (Å²) in [6.07, 6.45) is 12.8. The lowest BCUT2D eigenvalue weighted by molar-refractivity contribution is -0.250. The number of methoxy groups -OCH3 is 3. The van der Waals surface area contributed by atoms with Gasteiger partial charge in [0, 0.05) is 74.6 Å². The predicted octanol–water partition coefficient (Wildman–Crippen LogP) is 3.15. The zero-order chi connectivity index (χ0) is 41.9. The molecule has 3 aliphatic carbocycles. The number of hydrogen-bond donors (Lipinski definition) is 3. The molecule has 3 saturated carbocycles. The van der Waals surface area contributed by atoms with Crippen LogP contribution in [0.5, 0.6) is 0 Å². The summed E-state index contributed by atoms with van der Waals surface area (Å²) in [7, 11) is 6.68. The predicted molar refractivity (Wildman–Crippen MR) is 219 cm³/mol. The minimum absolute atomic E-state index is 0.0393. The maximum atomic E-state index is 15.5. The number of esters is 3.